The van der Waals surface area contributed by atoms with Gasteiger partial charge in [0.2, 0.25) is 0 Å². The maximum absolute atomic E-state index is 12.7. The van der Waals surface area contributed by atoms with E-state index in [0.29, 0.717) is 27.3 Å². The van der Waals surface area contributed by atoms with Gasteiger partial charge in [-0.25, -0.2) is 0 Å². The maximum Gasteiger partial charge on any atom is 0.293 e. The number of carbonyl (C=O) groups excluding carboxylic acids is 2. The molecule has 0 radical (unpaired) electrons. The average molecular weight is 454 g/mol. The van der Waals surface area contributed by atoms with Crippen LogP contribution in [0.4, 0.5) is 4.79 Å². The fraction of sp³-hybridized carbons (Fsp3) is 0.130. The number of amides is 2. The second kappa shape index (κ2) is 9.80. The van der Waals surface area contributed by atoms with Crippen LogP contribution in [0, 0.1) is 0 Å². The van der Waals surface area contributed by atoms with E-state index in [-0.39, 0.29) is 24.3 Å². The Morgan fingerprint density at radius 1 is 1.00 bits per heavy atom. The minimum Gasteiger partial charge on any atom is -0.493 e. The number of carbonyl (C=O) groups is 2. The van der Waals surface area contributed by atoms with Gasteiger partial charge in [-0.3, -0.25) is 14.5 Å². The second-order valence-corrected chi connectivity index (χ2v) is 8.48. The van der Waals surface area contributed by atoms with E-state index in [1.54, 1.807) is 31.4 Å². The smallest absolute Gasteiger partial charge is 0.293 e. The number of furan rings is 1. The molecule has 2 aromatic carbocycles. The minimum atomic E-state index is -0.354. The molecule has 158 valence electrons. The van der Waals surface area contributed by atoms with Crippen molar-refractivity contribution in [2.24, 2.45) is 0 Å². The van der Waals surface area contributed by atoms with E-state index >= 15 is 0 Å². The molecule has 0 spiro atoms. The van der Waals surface area contributed by atoms with Crippen LogP contribution in [-0.4, -0.2) is 36.3 Å². The highest BCUT2D eigenvalue weighted by Crippen LogP contribution is 2.34. The summed E-state index contributed by atoms with van der Waals surface area (Å²) < 4.78 is 16.7. The Bertz CT molecular complexity index is 1110. The van der Waals surface area contributed by atoms with Crippen LogP contribution < -0.4 is 9.47 Å². The van der Waals surface area contributed by atoms with E-state index < -0.39 is 0 Å². The summed E-state index contributed by atoms with van der Waals surface area (Å²) in [6.07, 6.45) is 1.60. The Labute approximate surface area is 188 Å². The zero-order chi connectivity index (χ0) is 21.6. The first-order valence-corrected chi connectivity index (χ1v) is 11.1. The van der Waals surface area contributed by atoms with E-state index in [2.05, 4.69) is 0 Å². The van der Waals surface area contributed by atoms with Gasteiger partial charge in [-0.2, -0.15) is 0 Å². The van der Waals surface area contributed by atoms with Crippen LogP contribution in [0.3, 0.4) is 0 Å². The molecule has 0 bridgehead atoms. The Morgan fingerprint density at radius 2 is 1.74 bits per heavy atom. The molecule has 0 N–H and O–H groups in total. The number of hydrogen-bond donors (Lipinski definition) is 0. The van der Waals surface area contributed by atoms with Crippen molar-refractivity contribution in [1.82, 2.24) is 4.90 Å². The van der Waals surface area contributed by atoms with Gasteiger partial charge in [0.05, 0.1) is 18.6 Å². The average Bonchev–Trinajstić information content (AvgIpc) is 3.33. The van der Waals surface area contributed by atoms with E-state index in [1.807, 2.05) is 48.5 Å². The highest BCUT2D eigenvalue weighted by Gasteiger charge is 2.35. The van der Waals surface area contributed by atoms with Crippen LogP contribution in [-0.2, 0) is 4.79 Å². The molecule has 6 nitrogen and oxygen atoms in total. The Hall–Kier alpha value is -3.10. The second-order valence-electron chi connectivity index (χ2n) is 6.40. The largest absolute Gasteiger partial charge is 0.493 e. The molecular formula is C23H19NO5S2. The van der Waals surface area contributed by atoms with Crippen molar-refractivity contribution < 1.29 is 23.5 Å². The molecule has 0 unspecified atom stereocenters. The van der Waals surface area contributed by atoms with Gasteiger partial charge in [-0.1, -0.05) is 42.1 Å². The third-order valence-electron chi connectivity index (χ3n) is 4.35. The van der Waals surface area contributed by atoms with Crippen LogP contribution in [0.1, 0.15) is 5.76 Å². The zero-order valence-corrected chi connectivity index (χ0v) is 18.3. The number of imide groups is 1. The summed E-state index contributed by atoms with van der Waals surface area (Å²) in [5.74, 6) is 1.33. The number of para-hydroxylation sites is 2. The molecule has 2 heterocycles. The van der Waals surface area contributed by atoms with Gasteiger partial charge < -0.3 is 13.9 Å². The van der Waals surface area contributed by atoms with Crippen LogP contribution in [0.5, 0.6) is 11.5 Å². The summed E-state index contributed by atoms with van der Waals surface area (Å²) in [4.78, 5) is 27.5. The summed E-state index contributed by atoms with van der Waals surface area (Å²) in [5, 5.41) is 0.382. The summed E-state index contributed by atoms with van der Waals surface area (Å²) in [6, 6.07) is 20.7. The first-order chi connectivity index (χ1) is 15.1. The van der Waals surface area contributed by atoms with Gasteiger partial charge in [0.15, 0.2) is 16.6 Å². The van der Waals surface area contributed by atoms with Crippen molar-refractivity contribution in [2.75, 3.05) is 20.3 Å². The molecular weight excluding hydrogens is 434 g/mol. The van der Waals surface area contributed by atoms with Crippen LogP contribution in [0.25, 0.3) is 6.08 Å². The Morgan fingerprint density at radius 3 is 2.52 bits per heavy atom. The third-order valence-corrected chi connectivity index (χ3v) is 6.19. The number of benzene rings is 2. The van der Waals surface area contributed by atoms with Crippen LogP contribution in [0.2, 0.25) is 0 Å². The lowest BCUT2D eigenvalue weighted by Gasteiger charge is -2.14. The van der Waals surface area contributed by atoms with Crippen molar-refractivity contribution in [3.05, 3.63) is 77.4 Å². The lowest BCUT2D eigenvalue weighted by molar-refractivity contribution is -0.123. The van der Waals surface area contributed by atoms with Gasteiger partial charge in [0.25, 0.3) is 11.1 Å². The molecule has 0 atom stereocenters. The monoisotopic (exact) mass is 453 g/mol. The Kier molecular flexibility index (Phi) is 6.69. The van der Waals surface area contributed by atoms with E-state index in [9.17, 15) is 9.59 Å². The lowest BCUT2D eigenvalue weighted by atomic mass is 10.3. The van der Waals surface area contributed by atoms with Crippen molar-refractivity contribution >= 4 is 40.7 Å². The fourth-order valence-corrected chi connectivity index (χ4v) is 4.52. The molecule has 1 fully saturated rings. The van der Waals surface area contributed by atoms with E-state index in [0.717, 1.165) is 16.7 Å². The number of ether oxygens (including phenoxy) is 2. The SMILES string of the molecule is COc1ccccc1OCCN1C(=O)S/C(=C\c2ccc(Sc3ccccc3)o2)C1=O. The summed E-state index contributed by atoms with van der Waals surface area (Å²) in [6.45, 7) is 0.317. The van der Waals surface area contributed by atoms with Gasteiger partial charge in [0.1, 0.15) is 12.4 Å². The molecule has 1 aliphatic heterocycles. The first-order valence-electron chi connectivity index (χ1n) is 9.48. The molecule has 2 amide bonds. The standard InChI is InChI=1S/C23H19NO5S2/c1-27-18-9-5-6-10-19(18)28-14-13-24-22(25)20(31-23(24)26)15-16-11-12-21(29-16)30-17-7-3-2-4-8-17/h2-12,15H,13-14H2,1H3/b20-15-. The fourth-order valence-electron chi connectivity index (χ4n) is 2.88. The van der Waals surface area contributed by atoms with Gasteiger partial charge in [-0.05, 0) is 48.2 Å². The number of nitrogens with zero attached hydrogens (tertiary/aromatic N) is 1. The molecule has 8 heteroatoms. The topological polar surface area (TPSA) is 69.0 Å². The number of thioether (sulfide) groups is 1. The molecule has 31 heavy (non-hydrogen) atoms. The summed E-state index contributed by atoms with van der Waals surface area (Å²) in [5.41, 5.74) is 0. The van der Waals surface area contributed by atoms with E-state index in [1.165, 1.54) is 16.7 Å². The lowest BCUT2D eigenvalue weighted by Crippen LogP contribution is -2.32. The number of rotatable bonds is 8. The van der Waals surface area contributed by atoms with Crippen molar-refractivity contribution in [3.63, 3.8) is 0 Å². The van der Waals surface area contributed by atoms with Gasteiger partial charge in [-0.15, -0.1) is 0 Å². The number of hydrogen-bond acceptors (Lipinski definition) is 7. The van der Waals surface area contributed by atoms with Crippen molar-refractivity contribution in [2.45, 2.75) is 9.99 Å². The maximum atomic E-state index is 12.7. The molecule has 0 saturated carbocycles. The first kappa shape index (κ1) is 21.1. The summed E-state index contributed by atoms with van der Waals surface area (Å²) in [7, 11) is 1.56. The highest BCUT2D eigenvalue weighted by molar-refractivity contribution is 8.18. The van der Waals surface area contributed by atoms with E-state index in [4.69, 9.17) is 13.9 Å². The predicted octanol–water partition coefficient (Wildman–Crippen LogP) is 5.55. The molecule has 1 aromatic heterocycles. The van der Waals surface area contributed by atoms with Crippen LogP contribution in [0.15, 0.2) is 86.0 Å². The summed E-state index contributed by atoms with van der Waals surface area (Å²) >= 11 is 2.38. The normalized spacial score (nSPS) is 15.0. The zero-order valence-electron chi connectivity index (χ0n) is 16.6. The third kappa shape index (κ3) is 5.15. The Balaban J connectivity index is 1.37. The minimum absolute atomic E-state index is 0.146. The highest BCUT2D eigenvalue weighted by atomic mass is 32.2. The quantitative estimate of drug-likeness (QED) is 0.414. The molecule has 1 saturated heterocycles. The van der Waals surface area contributed by atoms with Gasteiger partial charge in [0, 0.05) is 11.0 Å². The molecule has 1 aliphatic rings. The number of methoxy groups -OCH3 is 1. The van der Waals surface area contributed by atoms with Crippen molar-refractivity contribution in [3.8, 4) is 11.5 Å². The molecule has 3 aromatic rings. The van der Waals surface area contributed by atoms with Gasteiger partial charge >= 0.3 is 0 Å². The predicted molar refractivity (Wildman–Crippen MR) is 120 cm³/mol. The molecule has 4 rings (SSSR count). The van der Waals surface area contributed by atoms with Crippen molar-refractivity contribution in [1.29, 1.82) is 0 Å². The molecule has 0 aliphatic carbocycles. The van der Waals surface area contributed by atoms with Crippen LogP contribution >= 0.6 is 23.5 Å².